The Bertz CT molecular complexity index is 687. The molecular formula is C18H22N2O3. The Balaban J connectivity index is 1.81. The van der Waals surface area contributed by atoms with Crippen molar-refractivity contribution in [1.29, 1.82) is 0 Å². The number of para-hydroxylation sites is 1. The van der Waals surface area contributed by atoms with Gasteiger partial charge in [-0.15, -0.1) is 0 Å². The van der Waals surface area contributed by atoms with Crippen molar-refractivity contribution in [3.8, 4) is 0 Å². The summed E-state index contributed by atoms with van der Waals surface area (Å²) in [5.41, 5.74) is 2.33. The average Bonchev–Trinajstić information content (AvgIpc) is 3.17. The summed E-state index contributed by atoms with van der Waals surface area (Å²) in [6, 6.07) is 6.16. The van der Waals surface area contributed by atoms with Gasteiger partial charge < -0.3 is 10.1 Å². The van der Waals surface area contributed by atoms with E-state index in [1.165, 1.54) is 0 Å². The van der Waals surface area contributed by atoms with E-state index in [-0.39, 0.29) is 23.8 Å². The first-order valence-corrected chi connectivity index (χ1v) is 8.44. The topological polar surface area (TPSA) is 58.6 Å². The van der Waals surface area contributed by atoms with Gasteiger partial charge in [-0.2, -0.15) is 0 Å². The number of carbonyl (C=O) groups excluding carboxylic acids is 2. The van der Waals surface area contributed by atoms with Crippen LogP contribution in [0.2, 0.25) is 0 Å². The highest BCUT2D eigenvalue weighted by Gasteiger charge is 2.63. The van der Waals surface area contributed by atoms with Crippen LogP contribution in [0.15, 0.2) is 18.2 Å². The van der Waals surface area contributed by atoms with Gasteiger partial charge in [-0.25, -0.2) is 0 Å². The molecular weight excluding hydrogens is 292 g/mol. The van der Waals surface area contributed by atoms with Gasteiger partial charge in [-0.3, -0.25) is 14.5 Å². The van der Waals surface area contributed by atoms with Crippen molar-refractivity contribution >= 4 is 17.6 Å². The molecule has 2 saturated heterocycles. The molecule has 2 fully saturated rings. The van der Waals surface area contributed by atoms with Crippen molar-refractivity contribution in [3.63, 3.8) is 0 Å². The molecule has 3 aliphatic rings. The molecule has 1 aromatic rings. The fraction of sp³-hybridized carbons (Fsp3) is 0.556. The molecule has 3 aliphatic heterocycles. The number of anilines is 1. The second-order valence-electron chi connectivity index (χ2n) is 6.78. The molecule has 0 saturated carbocycles. The molecule has 0 radical (unpaired) electrons. The lowest BCUT2D eigenvalue weighted by atomic mass is 9.84. The van der Waals surface area contributed by atoms with Crippen LogP contribution < -0.4 is 5.32 Å². The largest absolute Gasteiger partial charge is 0.466 e. The standard InChI is InChI=1S/C18H22N2O3/c1-3-23-16(21)12-10-18(20-9-5-8-14(12)20)13-7-4-6-11(2)15(13)19-17(18)22/h4,6-7,12,14H,3,5,8-10H2,1-2H3,(H,19,22)/t12-,14+,18-/m0/s1. The SMILES string of the molecule is CCOC(=O)[C@H]1C[C@]2(C(=O)Nc3c(C)cccc32)N2CCC[C@H]12. The zero-order valence-electron chi connectivity index (χ0n) is 13.6. The molecule has 1 aromatic carbocycles. The maximum absolute atomic E-state index is 13.0. The van der Waals surface area contributed by atoms with E-state index in [9.17, 15) is 9.59 Å². The minimum atomic E-state index is -0.694. The van der Waals surface area contributed by atoms with E-state index >= 15 is 0 Å². The smallest absolute Gasteiger partial charge is 0.310 e. The summed E-state index contributed by atoms with van der Waals surface area (Å²) in [6.45, 7) is 5.09. The average molecular weight is 314 g/mol. The highest BCUT2D eigenvalue weighted by atomic mass is 16.5. The van der Waals surface area contributed by atoms with Gasteiger partial charge in [0.15, 0.2) is 0 Å². The Labute approximate surface area is 136 Å². The van der Waals surface area contributed by atoms with Crippen molar-refractivity contribution in [2.75, 3.05) is 18.5 Å². The number of amides is 1. The van der Waals surface area contributed by atoms with Crippen molar-refractivity contribution in [2.45, 2.75) is 44.7 Å². The second-order valence-corrected chi connectivity index (χ2v) is 6.78. The lowest BCUT2D eigenvalue weighted by Crippen LogP contribution is -2.47. The molecule has 1 amide bonds. The quantitative estimate of drug-likeness (QED) is 0.850. The van der Waals surface area contributed by atoms with E-state index in [0.29, 0.717) is 13.0 Å². The van der Waals surface area contributed by atoms with Gasteiger partial charge in [0.25, 0.3) is 0 Å². The van der Waals surface area contributed by atoms with Gasteiger partial charge in [0, 0.05) is 17.3 Å². The number of hydrogen-bond donors (Lipinski definition) is 1. The van der Waals surface area contributed by atoms with Crippen molar-refractivity contribution < 1.29 is 14.3 Å². The first-order valence-electron chi connectivity index (χ1n) is 8.44. The first kappa shape index (κ1) is 14.7. The van der Waals surface area contributed by atoms with Gasteiger partial charge in [-0.1, -0.05) is 18.2 Å². The third kappa shape index (κ3) is 1.83. The third-order valence-corrected chi connectivity index (χ3v) is 5.69. The summed E-state index contributed by atoms with van der Waals surface area (Å²) >= 11 is 0. The van der Waals surface area contributed by atoms with Crippen LogP contribution in [0, 0.1) is 12.8 Å². The minimum absolute atomic E-state index is 0.0144. The van der Waals surface area contributed by atoms with Gasteiger partial charge in [0.2, 0.25) is 5.91 Å². The number of esters is 1. The highest BCUT2D eigenvalue weighted by molar-refractivity contribution is 6.07. The van der Waals surface area contributed by atoms with E-state index < -0.39 is 5.54 Å². The Morgan fingerprint density at radius 3 is 3.09 bits per heavy atom. The van der Waals surface area contributed by atoms with E-state index in [1.807, 2.05) is 32.0 Å². The zero-order valence-corrected chi connectivity index (χ0v) is 13.6. The predicted octanol–water partition coefficient (Wildman–Crippen LogP) is 2.19. The Morgan fingerprint density at radius 2 is 2.30 bits per heavy atom. The predicted molar refractivity (Wildman–Crippen MR) is 86.0 cm³/mol. The zero-order chi connectivity index (χ0) is 16.2. The molecule has 1 N–H and O–H groups in total. The van der Waals surface area contributed by atoms with Gasteiger partial charge >= 0.3 is 5.97 Å². The van der Waals surface area contributed by atoms with Crippen LogP contribution in [-0.2, 0) is 19.9 Å². The number of nitrogens with one attached hydrogen (secondary N) is 1. The summed E-state index contributed by atoms with van der Waals surface area (Å²) < 4.78 is 5.29. The molecule has 23 heavy (non-hydrogen) atoms. The summed E-state index contributed by atoms with van der Waals surface area (Å²) in [5.74, 6) is -0.356. The van der Waals surface area contributed by atoms with E-state index in [1.54, 1.807) is 0 Å². The fourth-order valence-electron chi connectivity index (χ4n) is 4.75. The molecule has 5 heteroatoms. The fourth-order valence-corrected chi connectivity index (χ4v) is 4.75. The number of nitrogens with zero attached hydrogens (tertiary/aromatic N) is 1. The maximum Gasteiger partial charge on any atom is 0.310 e. The van der Waals surface area contributed by atoms with Crippen molar-refractivity contribution in [3.05, 3.63) is 29.3 Å². The molecule has 5 nitrogen and oxygen atoms in total. The van der Waals surface area contributed by atoms with Crippen molar-refractivity contribution in [2.24, 2.45) is 5.92 Å². The van der Waals surface area contributed by atoms with Gasteiger partial charge in [0.1, 0.15) is 5.54 Å². The van der Waals surface area contributed by atoms with Crippen molar-refractivity contribution in [1.82, 2.24) is 4.90 Å². The third-order valence-electron chi connectivity index (χ3n) is 5.69. The number of carbonyl (C=O) groups is 2. The Kier molecular flexibility index (Phi) is 3.23. The number of hydrogen-bond acceptors (Lipinski definition) is 4. The first-order chi connectivity index (χ1) is 11.1. The number of aryl methyl sites for hydroxylation is 1. The van der Waals surface area contributed by atoms with Crippen LogP contribution in [0.3, 0.4) is 0 Å². The normalized spacial score (nSPS) is 32.0. The van der Waals surface area contributed by atoms with Gasteiger partial charge in [-0.05, 0) is 45.2 Å². The molecule has 0 aliphatic carbocycles. The van der Waals surface area contributed by atoms with Crippen LogP contribution in [0.25, 0.3) is 0 Å². The molecule has 4 rings (SSSR count). The van der Waals surface area contributed by atoms with E-state index in [2.05, 4.69) is 10.2 Å². The van der Waals surface area contributed by atoms with E-state index in [0.717, 1.165) is 36.2 Å². The minimum Gasteiger partial charge on any atom is -0.466 e. The molecule has 3 heterocycles. The Morgan fingerprint density at radius 1 is 1.48 bits per heavy atom. The van der Waals surface area contributed by atoms with Crippen LogP contribution in [0.5, 0.6) is 0 Å². The summed E-state index contributed by atoms with van der Waals surface area (Å²) in [6.07, 6.45) is 2.51. The second kappa shape index (κ2) is 5.06. The molecule has 122 valence electrons. The number of fused-ring (bicyclic) bond motifs is 4. The number of ether oxygens (including phenoxy) is 1. The molecule has 0 unspecified atom stereocenters. The molecule has 0 bridgehead atoms. The summed E-state index contributed by atoms with van der Waals surface area (Å²) in [7, 11) is 0. The van der Waals surface area contributed by atoms with Crippen LogP contribution in [-0.4, -0.2) is 36.0 Å². The van der Waals surface area contributed by atoms with Gasteiger partial charge in [0.05, 0.1) is 12.5 Å². The summed E-state index contributed by atoms with van der Waals surface area (Å²) in [4.78, 5) is 27.7. The molecule has 0 aromatic heterocycles. The molecule has 1 spiro atoms. The lowest BCUT2D eigenvalue weighted by molar-refractivity contribution is -0.148. The van der Waals surface area contributed by atoms with E-state index in [4.69, 9.17) is 4.74 Å². The summed E-state index contributed by atoms with van der Waals surface area (Å²) in [5, 5.41) is 3.07. The van der Waals surface area contributed by atoms with Crippen LogP contribution in [0.4, 0.5) is 5.69 Å². The number of rotatable bonds is 2. The molecule has 3 atom stereocenters. The highest BCUT2D eigenvalue weighted by Crippen LogP contribution is 2.54. The van der Waals surface area contributed by atoms with Crippen LogP contribution in [0.1, 0.15) is 37.3 Å². The Hall–Kier alpha value is -1.88. The monoisotopic (exact) mass is 314 g/mol. The van der Waals surface area contributed by atoms with Crippen LogP contribution >= 0.6 is 0 Å². The number of benzene rings is 1. The lowest BCUT2D eigenvalue weighted by Gasteiger charge is -2.32. The maximum atomic E-state index is 13.0.